The highest BCUT2D eigenvalue weighted by molar-refractivity contribution is 6.42. The molecule has 1 aliphatic heterocycles. The van der Waals surface area contributed by atoms with Crippen molar-refractivity contribution in [2.45, 2.75) is 12.6 Å². The van der Waals surface area contributed by atoms with E-state index < -0.39 is 0 Å². The summed E-state index contributed by atoms with van der Waals surface area (Å²) in [5, 5.41) is 4.51. The maximum absolute atomic E-state index is 5.95. The maximum atomic E-state index is 5.95. The third-order valence-corrected chi connectivity index (χ3v) is 3.49. The lowest BCUT2D eigenvalue weighted by atomic mass is 10.1. The standard InChI is InChI=1S/C11H14Cl2N2/c1-14-9-6-15(7-9)5-8-2-3-10(12)11(13)4-8/h2-4,9,14H,5-7H2,1H3. The smallest absolute Gasteiger partial charge is 0.0595 e. The van der Waals surface area contributed by atoms with Crippen molar-refractivity contribution in [3.8, 4) is 0 Å². The Kier molecular flexibility index (Phi) is 3.52. The van der Waals surface area contributed by atoms with Crippen molar-refractivity contribution in [1.82, 2.24) is 10.2 Å². The van der Waals surface area contributed by atoms with Crippen molar-refractivity contribution in [3.63, 3.8) is 0 Å². The Balaban J connectivity index is 1.92. The molecule has 2 rings (SSSR count). The molecule has 2 nitrogen and oxygen atoms in total. The average molecular weight is 245 g/mol. The molecule has 1 fully saturated rings. The van der Waals surface area contributed by atoms with E-state index in [1.165, 1.54) is 5.56 Å². The van der Waals surface area contributed by atoms with E-state index in [4.69, 9.17) is 23.2 Å². The molecule has 0 amide bonds. The molecule has 0 saturated carbocycles. The third kappa shape index (κ3) is 2.64. The molecule has 0 aliphatic carbocycles. The van der Waals surface area contributed by atoms with Gasteiger partial charge in [-0.3, -0.25) is 4.90 Å². The summed E-state index contributed by atoms with van der Waals surface area (Å²) in [4.78, 5) is 2.38. The van der Waals surface area contributed by atoms with E-state index in [-0.39, 0.29) is 0 Å². The van der Waals surface area contributed by atoms with Crippen LogP contribution in [0.2, 0.25) is 10.0 Å². The Morgan fingerprint density at radius 2 is 2.07 bits per heavy atom. The van der Waals surface area contributed by atoms with Gasteiger partial charge in [0, 0.05) is 25.7 Å². The molecule has 1 aromatic carbocycles. The van der Waals surface area contributed by atoms with Crippen LogP contribution in [0.5, 0.6) is 0 Å². The number of likely N-dealkylation sites (tertiary alicyclic amines) is 1. The molecule has 1 N–H and O–H groups in total. The minimum atomic E-state index is 0.622. The fourth-order valence-electron chi connectivity index (χ4n) is 1.78. The molecule has 0 atom stereocenters. The maximum Gasteiger partial charge on any atom is 0.0595 e. The molecule has 15 heavy (non-hydrogen) atoms. The molecule has 0 spiro atoms. The van der Waals surface area contributed by atoms with Gasteiger partial charge in [0.1, 0.15) is 0 Å². The predicted octanol–water partition coefficient (Wildman–Crippen LogP) is 2.40. The van der Waals surface area contributed by atoms with E-state index >= 15 is 0 Å². The quantitative estimate of drug-likeness (QED) is 0.879. The Morgan fingerprint density at radius 3 is 2.67 bits per heavy atom. The van der Waals surface area contributed by atoms with Crippen LogP contribution in [0, 0.1) is 0 Å². The minimum Gasteiger partial charge on any atom is -0.315 e. The Morgan fingerprint density at radius 1 is 1.33 bits per heavy atom. The number of hydrogen-bond acceptors (Lipinski definition) is 2. The van der Waals surface area contributed by atoms with Gasteiger partial charge in [-0.25, -0.2) is 0 Å². The van der Waals surface area contributed by atoms with Gasteiger partial charge < -0.3 is 5.32 Å². The fraction of sp³-hybridized carbons (Fsp3) is 0.455. The van der Waals surface area contributed by atoms with Crippen molar-refractivity contribution in [3.05, 3.63) is 33.8 Å². The van der Waals surface area contributed by atoms with Crippen LogP contribution in [-0.2, 0) is 6.54 Å². The van der Waals surface area contributed by atoms with Gasteiger partial charge in [-0.1, -0.05) is 29.3 Å². The van der Waals surface area contributed by atoms with Gasteiger partial charge in [-0.2, -0.15) is 0 Å². The van der Waals surface area contributed by atoms with Gasteiger partial charge in [0.2, 0.25) is 0 Å². The summed E-state index contributed by atoms with van der Waals surface area (Å²) in [6.45, 7) is 3.17. The molecular weight excluding hydrogens is 231 g/mol. The lowest BCUT2D eigenvalue weighted by Gasteiger charge is -2.39. The summed E-state index contributed by atoms with van der Waals surface area (Å²) in [7, 11) is 2.00. The predicted molar refractivity (Wildman–Crippen MR) is 64.6 cm³/mol. The zero-order valence-electron chi connectivity index (χ0n) is 8.63. The van der Waals surface area contributed by atoms with E-state index in [0.717, 1.165) is 19.6 Å². The van der Waals surface area contributed by atoms with Crippen molar-refractivity contribution in [2.24, 2.45) is 0 Å². The largest absolute Gasteiger partial charge is 0.315 e. The van der Waals surface area contributed by atoms with Crippen LogP contribution in [-0.4, -0.2) is 31.1 Å². The van der Waals surface area contributed by atoms with Crippen LogP contribution in [0.15, 0.2) is 18.2 Å². The normalized spacial score (nSPS) is 17.8. The Bertz CT molecular complexity index is 348. The first-order valence-corrected chi connectivity index (χ1v) is 5.78. The molecule has 0 aromatic heterocycles. The molecule has 82 valence electrons. The zero-order valence-corrected chi connectivity index (χ0v) is 10.1. The lowest BCUT2D eigenvalue weighted by Crippen LogP contribution is -2.56. The lowest BCUT2D eigenvalue weighted by molar-refractivity contribution is 0.124. The number of rotatable bonds is 3. The number of benzene rings is 1. The second kappa shape index (κ2) is 4.71. The number of hydrogen-bond donors (Lipinski definition) is 1. The van der Waals surface area contributed by atoms with Gasteiger partial charge in [-0.15, -0.1) is 0 Å². The molecule has 1 aromatic rings. The molecule has 4 heteroatoms. The monoisotopic (exact) mass is 244 g/mol. The topological polar surface area (TPSA) is 15.3 Å². The van der Waals surface area contributed by atoms with Gasteiger partial charge in [0.25, 0.3) is 0 Å². The first-order chi connectivity index (χ1) is 7.19. The summed E-state index contributed by atoms with van der Waals surface area (Å²) in [6.07, 6.45) is 0. The van der Waals surface area contributed by atoms with Crippen LogP contribution in [0.1, 0.15) is 5.56 Å². The summed E-state index contributed by atoms with van der Waals surface area (Å²) in [5.41, 5.74) is 1.22. The highest BCUT2D eigenvalue weighted by atomic mass is 35.5. The van der Waals surface area contributed by atoms with E-state index in [9.17, 15) is 0 Å². The average Bonchev–Trinajstić information content (AvgIpc) is 2.16. The highest BCUT2D eigenvalue weighted by Gasteiger charge is 2.24. The number of likely N-dealkylation sites (N-methyl/N-ethyl adjacent to an activating group) is 1. The SMILES string of the molecule is CNC1CN(Cc2ccc(Cl)c(Cl)c2)C1. The molecule has 0 radical (unpaired) electrons. The number of halogens is 2. The van der Waals surface area contributed by atoms with Crippen molar-refractivity contribution < 1.29 is 0 Å². The number of nitrogens with one attached hydrogen (secondary N) is 1. The van der Waals surface area contributed by atoms with Gasteiger partial charge in [-0.05, 0) is 24.7 Å². The van der Waals surface area contributed by atoms with E-state index in [1.54, 1.807) is 0 Å². The Labute approximate surface area is 100 Å². The minimum absolute atomic E-state index is 0.622. The molecule has 1 heterocycles. The fourth-order valence-corrected chi connectivity index (χ4v) is 2.10. The van der Waals surface area contributed by atoms with Crippen molar-refractivity contribution in [1.29, 1.82) is 0 Å². The third-order valence-electron chi connectivity index (χ3n) is 2.76. The van der Waals surface area contributed by atoms with Gasteiger partial charge in [0.15, 0.2) is 0 Å². The Hall–Kier alpha value is -0.280. The first kappa shape index (κ1) is 11.2. The van der Waals surface area contributed by atoms with E-state index in [2.05, 4.69) is 10.2 Å². The zero-order chi connectivity index (χ0) is 10.8. The van der Waals surface area contributed by atoms with E-state index in [0.29, 0.717) is 16.1 Å². The van der Waals surface area contributed by atoms with Gasteiger partial charge in [0.05, 0.1) is 10.0 Å². The molecule has 1 aliphatic rings. The summed E-state index contributed by atoms with van der Waals surface area (Å²) >= 11 is 11.8. The summed E-state index contributed by atoms with van der Waals surface area (Å²) in [5.74, 6) is 0. The van der Waals surface area contributed by atoms with E-state index in [1.807, 2.05) is 25.2 Å². The highest BCUT2D eigenvalue weighted by Crippen LogP contribution is 2.24. The van der Waals surface area contributed by atoms with Crippen LogP contribution in [0.3, 0.4) is 0 Å². The second-order valence-corrected chi connectivity index (χ2v) is 4.74. The van der Waals surface area contributed by atoms with Gasteiger partial charge >= 0.3 is 0 Å². The van der Waals surface area contributed by atoms with Crippen LogP contribution in [0.4, 0.5) is 0 Å². The molecule has 1 saturated heterocycles. The van der Waals surface area contributed by atoms with Crippen LogP contribution in [0.25, 0.3) is 0 Å². The molecule has 0 bridgehead atoms. The van der Waals surface area contributed by atoms with Crippen LogP contribution >= 0.6 is 23.2 Å². The summed E-state index contributed by atoms with van der Waals surface area (Å²) < 4.78 is 0. The number of nitrogens with zero attached hydrogens (tertiary/aromatic N) is 1. The molecule has 0 unspecified atom stereocenters. The second-order valence-electron chi connectivity index (χ2n) is 3.93. The van der Waals surface area contributed by atoms with Crippen molar-refractivity contribution in [2.75, 3.05) is 20.1 Å². The van der Waals surface area contributed by atoms with Crippen molar-refractivity contribution >= 4 is 23.2 Å². The summed E-state index contributed by atoms with van der Waals surface area (Å²) in [6, 6.07) is 6.47. The first-order valence-electron chi connectivity index (χ1n) is 5.02. The van der Waals surface area contributed by atoms with Crippen LogP contribution < -0.4 is 5.32 Å². The molecular formula is C11H14Cl2N2.